The van der Waals surface area contributed by atoms with Gasteiger partial charge in [0.25, 0.3) is 0 Å². The van der Waals surface area contributed by atoms with E-state index in [4.69, 9.17) is 20.6 Å². The molecule has 0 aromatic rings. The summed E-state index contributed by atoms with van der Waals surface area (Å²) >= 11 is 0. The largest absolute Gasteiger partial charge is 0.0651 e. The van der Waals surface area contributed by atoms with Crippen LogP contribution in [0.4, 0.5) is 0 Å². The highest BCUT2D eigenvalue weighted by atomic mass is 14.3. The molecular formula is C60H126. The Morgan fingerprint density at radius 2 is 0.717 bits per heavy atom. The zero-order chi connectivity index (χ0) is 59.6. The van der Waals surface area contributed by atoms with Gasteiger partial charge < -0.3 is 0 Å². The van der Waals surface area contributed by atoms with Gasteiger partial charge in [0.2, 0.25) is 0 Å². The fourth-order valence-corrected chi connectivity index (χ4v) is 8.10. The Morgan fingerprint density at radius 3 is 0.933 bits per heavy atom. The van der Waals surface area contributed by atoms with Gasteiger partial charge in [0.05, 0.1) is 0 Å². The van der Waals surface area contributed by atoms with Crippen LogP contribution in [0.3, 0.4) is 0 Å². The Labute approximate surface area is 407 Å². The lowest BCUT2D eigenvalue weighted by Crippen LogP contribution is -2.22. The average molecular weight is 863 g/mol. The standard InChI is InChI=1S/C13H24.C8H16.2C7H14.C6H12.C6H14.C5H12.2C4H10/c1-11-7-9-13(10-8-11)12-5-3-2-4-6-12;1-2-8-6-4-3-5-7-8;1-7-5-3-2-4-6-7;1-2-7-5-3-4-6-7;1-6-4-2-3-5-6;1-5-6(2,3)4;1-4-5(2)3;2*1-4(2)3/h11-13H,2-10H2,1H3;8H,2-7H2,1H3;2*7H,2-6H2,1H3;6H,2-5H2,1H3;5H2,1-4H3;5H,4H2,1-3H3;2*4H,1-3H3/i;2D2;7D;2D2;6D;5D2;4D2;1D3,4D;4D. The van der Waals surface area contributed by atoms with Gasteiger partial charge in [-0.05, 0) is 77.3 Å². The van der Waals surface area contributed by atoms with E-state index in [0.717, 1.165) is 69.1 Å². The van der Waals surface area contributed by atoms with Gasteiger partial charge in [-0.15, -0.1) is 0 Å². The second-order valence-electron chi connectivity index (χ2n) is 21.4. The van der Waals surface area contributed by atoms with Crippen molar-refractivity contribution in [2.24, 2.45) is 64.5 Å². The molecule has 0 heterocycles. The van der Waals surface area contributed by atoms with Crippen LogP contribution in [-0.2, 0) is 0 Å². The highest BCUT2D eigenvalue weighted by Crippen LogP contribution is 2.39. The topological polar surface area (TPSA) is 0 Å². The molecule has 0 aliphatic heterocycles. The van der Waals surface area contributed by atoms with Gasteiger partial charge in [-0.2, -0.15) is 0 Å². The first-order valence-electron chi connectivity index (χ1n) is 33.4. The summed E-state index contributed by atoms with van der Waals surface area (Å²) in [6, 6.07) is 0. The summed E-state index contributed by atoms with van der Waals surface area (Å²) in [4.78, 5) is 0. The van der Waals surface area contributed by atoms with E-state index in [1.165, 1.54) is 110 Å². The second-order valence-corrected chi connectivity index (χ2v) is 21.4. The second kappa shape index (κ2) is 44.2. The molecule has 0 N–H and O–H groups in total. The van der Waals surface area contributed by atoms with Crippen LogP contribution in [0.15, 0.2) is 0 Å². The lowest BCUT2D eigenvalue weighted by atomic mass is 9.71. The van der Waals surface area contributed by atoms with Crippen LogP contribution < -0.4 is 0 Å². The van der Waals surface area contributed by atoms with Crippen molar-refractivity contribution in [1.29, 1.82) is 0 Å². The molecule has 0 unspecified atom stereocenters. The molecule has 6 fully saturated rings. The van der Waals surface area contributed by atoms with Crippen LogP contribution in [0, 0.1) is 64.5 Å². The molecule has 0 spiro atoms. The predicted octanol–water partition coefficient (Wildman–Crippen LogP) is 22.6. The molecule has 0 aromatic heterocycles. The van der Waals surface area contributed by atoms with Crippen molar-refractivity contribution < 1.29 is 20.6 Å². The van der Waals surface area contributed by atoms with Crippen LogP contribution in [0.5, 0.6) is 0 Å². The van der Waals surface area contributed by atoms with Gasteiger partial charge in [-0.1, -0.05) is 311 Å². The van der Waals surface area contributed by atoms with E-state index in [-0.39, 0.29) is 29.0 Å². The zero-order valence-corrected chi connectivity index (χ0v) is 44.6. The fourth-order valence-electron chi connectivity index (χ4n) is 8.10. The molecule has 0 atom stereocenters. The molecule has 6 rings (SSSR count). The first kappa shape index (κ1) is 40.3. The SMILES string of the molecule is CC1CCC(C2CCCCC2)CC1.[2H]C(C)(C)C.[2H]C([2H])(C)C(C)(C)C.[2H]C([2H])(C)C(C)C.[2H]C([2H])(C)C1CCCC1.[2H]C([2H])(C)C1CCCCC1.[2H]C([2H])([2H])C([2H])(C)C.[2H]C1(C)CCCC1.[2H]C1(C)CCCCC1. The van der Waals surface area contributed by atoms with Gasteiger partial charge in [0, 0.05) is 20.6 Å². The minimum absolute atomic E-state index is 0.0556. The lowest BCUT2D eigenvalue weighted by molar-refractivity contribution is 0.173. The Kier molecular flexibility index (Phi) is 29.7. The number of rotatable bonds is 4. The normalized spacial score (nSPS) is 29.0. The maximum Gasteiger partial charge on any atom is 0.0300 e. The highest BCUT2D eigenvalue weighted by Gasteiger charge is 2.26. The first-order valence-corrected chi connectivity index (χ1v) is 25.9. The van der Waals surface area contributed by atoms with Crippen molar-refractivity contribution in [1.82, 2.24) is 0 Å². The minimum atomic E-state index is -2.15. The quantitative estimate of drug-likeness (QED) is 0.264. The van der Waals surface area contributed by atoms with Crippen LogP contribution in [0.2, 0.25) is 0 Å². The van der Waals surface area contributed by atoms with E-state index in [9.17, 15) is 0 Å². The van der Waals surface area contributed by atoms with Crippen molar-refractivity contribution in [2.75, 3.05) is 0 Å². The lowest BCUT2D eigenvalue weighted by Gasteiger charge is -2.34. The Morgan fingerprint density at radius 1 is 0.467 bits per heavy atom. The van der Waals surface area contributed by atoms with Gasteiger partial charge in [-0.25, -0.2) is 0 Å². The molecule has 0 radical (unpaired) electrons. The monoisotopic (exact) mass is 862 g/mol. The summed E-state index contributed by atoms with van der Waals surface area (Å²) in [6.45, 7) is 28.7. The molecule has 0 nitrogen and oxygen atoms in total. The molecule has 366 valence electrons. The third-order valence-corrected chi connectivity index (χ3v) is 12.6. The first-order chi connectivity index (χ1) is 33.4. The van der Waals surface area contributed by atoms with E-state index < -0.39 is 38.2 Å². The van der Waals surface area contributed by atoms with Crippen molar-refractivity contribution in [3.05, 3.63) is 0 Å². The van der Waals surface area contributed by atoms with Gasteiger partial charge in [-0.3, -0.25) is 0 Å². The van der Waals surface area contributed by atoms with Crippen LogP contribution in [0.1, 0.15) is 344 Å². The van der Waals surface area contributed by atoms with Gasteiger partial charge in [0.15, 0.2) is 0 Å². The third-order valence-electron chi connectivity index (χ3n) is 12.6. The maximum absolute atomic E-state index is 7.63. The number of hydrogen-bond acceptors (Lipinski definition) is 0. The molecule has 6 saturated carbocycles. The molecule has 0 heteroatoms. The van der Waals surface area contributed by atoms with Crippen molar-refractivity contribution in [3.63, 3.8) is 0 Å². The zero-order valence-electron chi connectivity index (χ0n) is 59.6. The Hall–Kier alpha value is 0. The smallest absolute Gasteiger partial charge is 0.0300 e. The summed E-state index contributed by atoms with van der Waals surface area (Å²) in [6.07, 6.45) is 31.5. The molecule has 0 saturated heterocycles. The van der Waals surface area contributed by atoms with E-state index >= 15 is 0 Å². The summed E-state index contributed by atoms with van der Waals surface area (Å²) in [5, 5.41) is 0. The van der Waals surface area contributed by atoms with Gasteiger partial charge >= 0.3 is 0 Å². The van der Waals surface area contributed by atoms with Gasteiger partial charge in [0.1, 0.15) is 0 Å². The fraction of sp³-hybridized carbons (Fsp3) is 1.00. The molecule has 0 bridgehead atoms. The molecular weight excluding hydrogens is 721 g/mol. The molecule has 6 aliphatic rings. The Balaban J connectivity index is -0.000000787. The van der Waals surface area contributed by atoms with Crippen molar-refractivity contribution in [2.45, 2.75) is 323 Å². The van der Waals surface area contributed by atoms with Crippen molar-refractivity contribution in [3.8, 4) is 0 Å². The summed E-state index contributed by atoms with van der Waals surface area (Å²) < 4.78 is 108. The Bertz CT molecular complexity index is 1280. The van der Waals surface area contributed by atoms with Crippen LogP contribution in [0.25, 0.3) is 0 Å². The summed E-state index contributed by atoms with van der Waals surface area (Å²) in [5.41, 5.74) is -0.229. The van der Waals surface area contributed by atoms with Crippen LogP contribution >= 0.6 is 0 Å². The number of hydrogen-bond donors (Lipinski definition) is 0. The maximum atomic E-state index is 7.63. The molecule has 0 aromatic carbocycles. The van der Waals surface area contributed by atoms with Crippen LogP contribution in [-0.4, -0.2) is 0 Å². The molecule has 60 heavy (non-hydrogen) atoms. The van der Waals surface area contributed by atoms with E-state index in [0.29, 0.717) is 11.8 Å². The van der Waals surface area contributed by atoms with E-state index in [2.05, 4.69) is 6.92 Å². The summed E-state index contributed by atoms with van der Waals surface area (Å²) in [7, 11) is 0. The summed E-state index contributed by atoms with van der Waals surface area (Å²) in [5.74, 6) is 2.40. The molecule has 0 amide bonds. The van der Waals surface area contributed by atoms with E-state index in [1.807, 2.05) is 69.2 Å². The van der Waals surface area contributed by atoms with E-state index in [1.54, 1.807) is 53.4 Å². The highest BCUT2D eigenvalue weighted by molar-refractivity contribution is 4.78. The average Bonchev–Trinajstić information content (AvgIpc) is 3.93. The van der Waals surface area contributed by atoms with Crippen molar-refractivity contribution >= 4 is 0 Å². The minimum Gasteiger partial charge on any atom is -0.0651 e. The third kappa shape index (κ3) is 50.6. The molecule has 6 aliphatic carbocycles. The predicted molar refractivity (Wildman–Crippen MR) is 283 cm³/mol.